The van der Waals surface area contributed by atoms with Crippen molar-refractivity contribution in [3.05, 3.63) is 61.2 Å². The molecule has 0 aliphatic carbocycles. The van der Waals surface area contributed by atoms with Gasteiger partial charge in [0.2, 0.25) is 0 Å². The van der Waals surface area contributed by atoms with Crippen molar-refractivity contribution < 1.29 is 9.53 Å². The minimum absolute atomic E-state index is 0.128. The van der Waals surface area contributed by atoms with Crippen molar-refractivity contribution in [3.8, 4) is 5.69 Å². The molecule has 2 bridgehead atoms. The molecule has 0 spiro atoms. The number of piperazine rings is 1. The second kappa shape index (κ2) is 8.47. The van der Waals surface area contributed by atoms with Crippen LogP contribution in [-0.2, 0) is 4.74 Å². The molecule has 1 N–H and O–H groups in total. The molecule has 0 radical (unpaired) electrons. The average molecular weight is 485 g/mol. The van der Waals surface area contributed by atoms with Crippen LogP contribution in [0.15, 0.2) is 61.2 Å². The topological polar surface area (TPSA) is 101 Å². The van der Waals surface area contributed by atoms with Crippen molar-refractivity contribution >= 4 is 34.4 Å². The number of fused-ring (bicyclic) bond motifs is 3. The summed E-state index contributed by atoms with van der Waals surface area (Å²) in [5.41, 5.74) is 1.39. The summed E-state index contributed by atoms with van der Waals surface area (Å²) in [5.74, 6) is 2.22. The molecule has 3 aromatic heterocycles. The number of carbonyl (C=O) groups is 1. The van der Waals surface area contributed by atoms with E-state index >= 15 is 0 Å². The highest BCUT2D eigenvalue weighted by molar-refractivity contribution is 5.92. The summed E-state index contributed by atoms with van der Waals surface area (Å²) < 4.78 is 7.52. The molecular formula is C26H28N8O2. The standard InChI is InChI=1S/C26H28N8O2/c1-26(2,3)36-25(35)33-16-18-12-19(33)15-32(18)23-13-17(8-9-29-23)34-21-7-5-4-6-20(21)24(31-34)30-22-14-27-10-11-28-22/h4-11,13-14,18-19H,12,15-16H2,1-3H3,(H,28,30,31)/t18-,19-/m0/s1. The lowest BCUT2D eigenvalue weighted by Gasteiger charge is -2.35. The van der Waals surface area contributed by atoms with E-state index in [1.54, 1.807) is 18.6 Å². The predicted octanol–water partition coefficient (Wildman–Crippen LogP) is 4.15. The number of pyridine rings is 1. The van der Waals surface area contributed by atoms with Gasteiger partial charge >= 0.3 is 6.09 Å². The van der Waals surface area contributed by atoms with E-state index in [0.717, 1.165) is 35.4 Å². The maximum atomic E-state index is 12.6. The van der Waals surface area contributed by atoms with Gasteiger partial charge in [0.15, 0.2) is 5.82 Å². The second-order valence-corrected chi connectivity index (χ2v) is 10.2. The van der Waals surface area contributed by atoms with Gasteiger partial charge in [0.25, 0.3) is 0 Å². The Morgan fingerprint density at radius 2 is 1.92 bits per heavy atom. The molecule has 10 heteroatoms. The Hall–Kier alpha value is -4.21. The molecule has 2 atom stereocenters. The third-order valence-electron chi connectivity index (χ3n) is 6.53. The van der Waals surface area contributed by atoms with E-state index in [-0.39, 0.29) is 18.2 Å². The first kappa shape index (κ1) is 22.3. The number of rotatable bonds is 4. The first-order valence-corrected chi connectivity index (χ1v) is 12.1. The Balaban J connectivity index is 1.26. The van der Waals surface area contributed by atoms with Crippen LogP contribution in [0, 0.1) is 0 Å². The van der Waals surface area contributed by atoms with Gasteiger partial charge in [-0.25, -0.2) is 19.4 Å². The first-order chi connectivity index (χ1) is 17.4. The molecule has 2 saturated heterocycles. The number of carbonyl (C=O) groups excluding carboxylic acids is 1. The van der Waals surface area contributed by atoms with Crippen LogP contribution in [0.2, 0.25) is 0 Å². The lowest BCUT2D eigenvalue weighted by Crippen LogP contribution is -2.50. The second-order valence-electron chi connectivity index (χ2n) is 10.2. The van der Waals surface area contributed by atoms with Gasteiger partial charge in [0, 0.05) is 43.1 Å². The van der Waals surface area contributed by atoms with Gasteiger partial charge in [-0.1, -0.05) is 12.1 Å². The number of nitrogens with one attached hydrogen (secondary N) is 1. The number of likely N-dealkylation sites (tertiary alicyclic amines) is 1. The number of ether oxygens (including phenoxy) is 1. The van der Waals surface area contributed by atoms with Gasteiger partial charge in [-0.15, -0.1) is 5.10 Å². The zero-order valence-corrected chi connectivity index (χ0v) is 20.5. The molecule has 1 amide bonds. The van der Waals surface area contributed by atoms with Crippen molar-refractivity contribution in [2.75, 3.05) is 23.3 Å². The summed E-state index contributed by atoms with van der Waals surface area (Å²) in [4.78, 5) is 29.9. The van der Waals surface area contributed by atoms with Crippen LogP contribution in [0.25, 0.3) is 16.6 Å². The maximum absolute atomic E-state index is 12.6. The number of anilines is 3. The van der Waals surface area contributed by atoms with Crippen LogP contribution >= 0.6 is 0 Å². The molecule has 184 valence electrons. The quantitative estimate of drug-likeness (QED) is 0.461. The molecule has 0 saturated carbocycles. The number of aromatic nitrogens is 5. The zero-order valence-electron chi connectivity index (χ0n) is 20.5. The van der Waals surface area contributed by atoms with Crippen LogP contribution in [0.3, 0.4) is 0 Å². The van der Waals surface area contributed by atoms with Crippen LogP contribution in [-0.4, -0.2) is 66.5 Å². The van der Waals surface area contributed by atoms with Crippen LogP contribution in [0.1, 0.15) is 27.2 Å². The lowest BCUT2D eigenvalue weighted by molar-refractivity contribution is 0.0214. The highest BCUT2D eigenvalue weighted by Gasteiger charge is 2.47. The molecule has 2 fully saturated rings. The summed E-state index contributed by atoms with van der Waals surface area (Å²) in [7, 11) is 0. The van der Waals surface area contributed by atoms with Crippen molar-refractivity contribution in [1.29, 1.82) is 0 Å². The fraction of sp³-hybridized carbons (Fsp3) is 0.346. The molecule has 0 unspecified atom stereocenters. The van der Waals surface area contributed by atoms with Gasteiger partial charge in [-0.3, -0.25) is 4.98 Å². The van der Waals surface area contributed by atoms with Gasteiger partial charge in [0.1, 0.15) is 17.2 Å². The molecule has 36 heavy (non-hydrogen) atoms. The van der Waals surface area contributed by atoms with Crippen molar-refractivity contribution in [2.45, 2.75) is 44.9 Å². The Labute approximate surface area is 208 Å². The van der Waals surface area contributed by atoms with Gasteiger partial charge in [-0.2, -0.15) is 0 Å². The van der Waals surface area contributed by atoms with Crippen LogP contribution < -0.4 is 10.2 Å². The highest BCUT2D eigenvalue weighted by Crippen LogP contribution is 2.36. The van der Waals surface area contributed by atoms with Gasteiger partial charge < -0.3 is 19.9 Å². The first-order valence-electron chi connectivity index (χ1n) is 12.1. The van der Waals surface area contributed by atoms with Crippen molar-refractivity contribution in [1.82, 2.24) is 29.6 Å². The van der Waals surface area contributed by atoms with Crippen LogP contribution in [0.4, 0.5) is 22.2 Å². The minimum Gasteiger partial charge on any atom is -0.444 e. The number of amides is 1. The molecule has 5 heterocycles. The maximum Gasteiger partial charge on any atom is 0.410 e. The van der Waals surface area contributed by atoms with E-state index in [9.17, 15) is 4.79 Å². The Kier molecular flexibility index (Phi) is 5.24. The summed E-state index contributed by atoms with van der Waals surface area (Å²) in [6.45, 7) is 7.07. The molecular weight excluding hydrogens is 456 g/mol. The lowest BCUT2D eigenvalue weighted by atomic mass is 10.2. The molecule has 4 aromatic rings. The highest BCUT2D eigenvalue weighted by atomic mass is 16.6. The average Bonchev–Trinajstić information content (AvgIpc) is 3.57. The molecule has 10 nitrogen and oxygen atoms in total. The zero-order chi connectivity index (χ0) is 24.9. The third kappa shape index (κ3) is 4.08. The Morgan fingerprint density at radius 3 is 2.67 bits per heavy atom. The van der Waals surface area contributed by atoms with E-state index < -0.39 is 5.60 Å². The monoisotopic (exact) mass is 484 g/mol. The number of benzene rings is 1. The Morgan fingerprint density at radius 1 is 1.06 bits per heavy atom. The number of hydrogen-bond acceptors (Lipinski definition) is 8. The van der Waals surface area contributed by atoms with Gasteiger partial charge in [0.05, 0.1) is 29.5 Å². The van der Waals surface area contributed by atoms with Crippen molar-refractivity contribution in [3.63, 3.8) is 0 Å². The SMILES string of the molecule is CC(C)(C)OC(=O)N1C[C@@H]2C[C@H]1CN2c1cc(-n2nc(Nc3cnccn3)c3ccccc32)ccn1. The van der Waals surface area contributed by atoms with E-state index in [0.29, 0.717) is 18.2 Å². The third-order valence-corrected chi connectivity index (χ3v) is 6.53. The minimum atomic E-state index is -0.498. The van der Waals surface area contributed by atoms with E-state index in [2.05, 4.69) is 31.2 Å². The van der Waals surface area contributed by atoms with E-state index in [1.807, 2.05) is 66.9 Å². The fourth-order valence-electron chi connectivity index (χ4n) is 5.03. The summed E-state index contributed by atoms with van der Waals surface area (Å²) in [5, 5.41) is 9.12. The number of nitrogens with zero attached hydrogens (tertiary/aromatic N) is 7. The summed E-state index contributed by atoms with van der Waals surface area (Å²) in [6, 6.07) is 12.4. The largest absolute Gasteiger partial charge is 0.444 e. The van der Waals surface area contributed by atoms with Crippen molar-refractivity contribution in [2.24, 2.45) is 0 Å². The van der Waals surface area contributed by atoms with E-state index in [4.69, 9.17) is 9.84 Å². The van der Waals surface area contributed by atoms with Crippen LogP contribution in [0.5, 0.6) is 0 Å². The molecule has 6 rings (SSSR count). The molecule has 1 aromatic carbocycles. The molecule has 2 aliphatic rings. The normalized spacial score (nSPS) is 19.2. The Bertz CT molecular complexity index is 1410. The fourth-order valence-corrected chi connectivity index (χ4v) is 5.03. The number of hydrogen-bond donors (Lipinski definition) is 1. The summed E-state index contributed by atoms with van der Waals surface area (Å²) in [6.07, 6.45) is 7.45. The summed E-state index contributed by atoms with van der Waals surface area (Å²) >= 11 is 0. The predicted molar refractivity (Wildman–Crippen MR) is 137 cm³/mol. The van der Waals surface area contributed by atoms with Gasteiger partial charge in [-0.05, 0) is 45.4 Å². The molecule has 2 aliphatic heterocycles. The van der Waals surface area contributed by atoms with E-state index in [1.165, 1.54) is 0 Å². The number of para-hydroxylation sites is 1. The smallest absolute Gasteiger partial charge is 0.410 e.